The fourth-order valence-electron chi connectivity index (χ4n) is 5.03. The first-order valence-electron chi connectivity index (χ1n) is 11.6. The van der Waals surface area contributed by atoms with Crippen LogP contribution < -0.4 is 5.32 Å². The average molecular weight is 432 g/mol. The maximum atomic E-state index is 13.3. The molecule has 0 bridgehead atoms. The molecule has 31 heavy (non-hydrogen) atoms. The molecular formula is C26H41NO4. The third-order valence-corrected chi connectivity index (χ3v) is 6.16. The van der Waals surface area contributed by atoms with Crippen molar-refractivity contribution in [2.45, 2.75) is 79.6 Å². The Bertz CT molecular complexity index is 723. The minimum atomic E-state index is -0.632. The van der Waals surface area contributed by atoms with E-state index in [1.165, 1.54) is 0 Å². The molecule has 1 amide bonds. The van der Waals surface area contributed by atoms with Crippen LogP contribution in [0.1, 0.15) is 66.9 Å². The first kappa shape index (κ1) is 25.4. The van der Waals surface area contributed by atoms with E-state index in [-0.39, 0.29) is 29.6 Å². The van der Waals surface area contributed by atoms with Crippen LogP contribution >= 0.6 is 0 Å². The highest BCUT2D eigenvalue weighted by molar-refractivity contribution is 5.82. The molecule has 1 aromatic rings. The van der Waals surface area contributed by atoms with Crippen LogP contribution in [0.2, 0.25) is 0 Å². The summed E-state index contributed by atoms with van der Waals surface area (Å²) >= 11 is 0. The van der Waals surface area contributed by atoms with Crippen molar-refractivity contribution in [1.82, 2.24) is 5.32 Å². The Morgan fingerprint density at radius 2 is 1.68 bits per heavy atom. The zero-order valence-corrected chi connectivity index (χ0v) is 20.2. The number of benzene rings is 1. The summed E-state index contributed by atoms with van der Waals surface area (Å²) in [6, 6.07) is 9.78. The molecule has 1 aromatic carbocycles. The van der Waals surface area contributed by atoms with Crippen molar-refractivity contribution in [3.8, 4) is 0 Å². The molecular weight excluding hydrogens is 390 g/mol. The van der Waals surface area contributed by atoms with Crippen LogP contribution in [0, 0.1) is 35.5 Å². The summed E-state index contributed by atoms with van der Waals surface area (Å²) < 4.78 is 5.72. The molecule has 5 atom stereocenters. The van der Waals surface area contributed by atoms with E-state index in [1.807, 2.05) is 51.1 Å². The third kappa shape index (κ3) is 7.06. The number of nitrogens with one attached hydrogen (secondary N) is 1. The molecule has 5 heteroatoms. The van der Waals surface area contributed by atoms with Gasteiger partial charge in [0.05, 0.1) is 12.0 Å². The highest BCUT2D eigenvalue weighted by atomic mass is 16.6. The smallest absolute Gasteiger partial charge is 0.309 e. The molecule has 5 nitrogen and oxygen atoms in total. The fraction of sp³-hybridized carbons (Fsp3) is 0.692. The van der Waals surface area contributed by atoms with Crippen molar-refractivity contribution in [3.05, 3.63) is 35.9 Å². The standard InChI is InChI=1S/C26H41NO4/c1-16(2)13-21(28)23-19(24(29)27-15-18-11-9-8-10-12-18)14-20(22(23)17(3)4)25(30)31-26(5,6)7/h8-12,16-17,19-23,28H,13-15H2,1-7H3,(H,27,29)/t19?,20?,21?,22-,23?/m0/s1. The SMILES string of the molecule is CC(C)CC(O)C1C(C(=O)NCc2ccccc2)CC(C(=O)OC(C)(C)C)[C@@H]1C(C)C. The van der Waals surface area contributed by atoms with Gasteiger partial charge in [0.2, 0.25) is 5.91 Å². The highest BCUT2D eigenvalue weighted by Gasteiger charge is 2.53. The Labute approximate surface area is 188 Å². The van der Waals surface area contributed by atoms with E-state index in [1.54, 1.807) is 0 Å². The number of carbonyl (C=O) groups is 2. The van der Waals surface area contributed by atoms with E-state index in [9.17, 15) is 14.7 Å². The zero-order valence-electron chi connectivity index (χ0n) is 20.2. The number of rotatable bonds is 8. The normalized spacial score (nSPS) is 25.0. The highest BCUT2D eigenvalue weighted by Crippen LogP contribution is 2.49. The first-order valence-corrected chi connectivity index (χ1v) is 11.6. The molecule has 0 heterocycles. The van der Waals surface area contributed by atoms with Crippen molar-refractivity contribution in [1.29, 1.82) is 0 Å². The molecule has 4 unspecified atom stereocenters. The lowest BCUT2D eigenvalue weighted by atomic mass is 9.74. The van der Waals surface area contributed by atoms with Crippen molar-refractivity contribution >= 4 is 11.9 Å². The van der Waals surface area contributed by atoms with Crippen molar-refractivity contribution < 1.29 is 19.4 Å². The van der Waals surface area contributed by atoms with Gasteiger partial charge in [-0.1, -0.05) is 58.0 Å². The van der Waals surface area contributed by atoms with Gasteiger partial charge in [-0.15, -0.1) is 0 Å². The van der Waals surface area contributed by atoms with Crippen LogP contribution in [0.25, 0.3) is 0 Å². The van der Waals surface area contributed by atoms with Crippen molar-refractivity contribution in [2.24, 2.45) is 35.5 Å². The van der Waals surface area contributed by atoms with Crippen molar-refractivity contribution in [3.63, 3.8) is 0 Å². The van der Waals surface area contributed by atoms with Gasteiger partial charge in [-0.25, -0.2) is 0 Å². The minimum Gasteiger partial charge on any atom is -0.460 e. The fourth-order valence-corrected chi connectivity index (χ4v) is 5.03. The molecule has 0 aromatic heterocycles. The second-order valence-electron chi connectivity index (χ2n) is 10.8. The van der Waals surface area contributed by atoms with E-state index in [2.05, 4.69) is 33.0 Å². The van der Waals surface area contributed by atoms with Gasteiger partial charge in [-0.2, -0.15) is 0 Å². The number of hydrogen-bond donors (Lipinski definition) is 2. The summed E-state index contributed by atoms with van der Waals surface area (Å²) in [6.07, 6.45) is 0.391. The molecule has 174 valence electrons. The predicted molar refractivity (Wildman–Crippen MR) is 123 cm³/mol. The van der Waals surface area contributed by atoms with Crippen molar-refractivity contribution in [2.75, 3.05) is 0 Å². The number of ether oxygens (including phenoxy) is 1. The summed E-state index contributed by atoms with van der Waals surface area (Å²) in [5.74, 6) is -1.07. The van der Waals surface area contributed by atoms with Crippen LogP contribution in [0.3, 0.4) is 0 Å². The molecule has 1 saturated carbocycles. The molecule has 1 aliphatic rings. The number of esters is 1. The number of carbonyl (C=O) groups excluding carboxylic acids is 2. The summed E-state index contributed by atoms with van der Waals surface area (Å²) in [5.41, 5.74) is 0.440. The van der Waals surface area contributed by atoms with Crippen LogP contribution in [0.4, 0.5) is 0 Å². The molecule has 0 aliphatic heterocycles. The van der Waals surface area contributed by atoms with E-state index in [0.29, 0.717) is 25.3 Å². The molecule has 1 aliphatic carbocycles. The summed E-state index contributed by atoms with van der Waals surface area (Å²) in [4.78, 5) is 26.3. The quantitative estimate of drug-likeness (QED) is 0.591. The second kappa shape index (κ2) is 10.6. The van der Waals surface area contributed by atoms with Gasteiger partial charge < -0.3 is 15.2 Å². The third-order valence-electron chi connectivity index (χ3n) is 6.16. The van der Waals surface area contributed by atoms with Gasteiger partial charge in [0.15, 0.2) is 0 Å². The second-order valence-corrected chi connectivity index (χ2v) is 10.8. The number of aliphatic hydroxyl groups excluding tert-OH is 1. The van der Waals surface area contributed by atoms with E-state index >= 15 is 0 Å². The molecule has 2 rings (SSSR count). The molecule has 2 N–H and O–H groups in total. The van der Waals surface area contributed by atoms with Gasteiger partial charge in [-0.05, 0) is 56.9 Å². The van der Waals surface area contributed by atoms with Crippen LogP contribution in [-0.4, -0.2) is 28.7 Å². The minimum absolute atomic E-state index is 0.0895. The van der Waals surface area contributed by atoms with Gasteiger partial charge >= 0.3 is 5.97 Å². The molecule has 0 radical (unpaired) electrons. The summed E-state index contributed by atoms with van der Waals surface area (Å²) in [6.45, 7) is 14.3. The summed E-state index contributed by atoms with van der Waals surface area (Å²) in [7, 11) is 0. The average Bonchev–Trinajstić information content (AvgIpc) is 3.06. The lowest BCUT2D eigenvalue weighted by Crippen LogP contribution is -2.41. The maximum Gasteiger partial charge on any atom is 0.309 e. The largest absolute Gasteiger partial charge is 0.460 e. The lowest BCUT2D eigenvalue weighted by Gasteiger charge is -2.34. The number of hydrogen-bond acceptors (Lipinski definition) is 4. The lowest BCUT2D eigenvalue weighted by molar-refractivity contribution is -0.162. The Morgan fingerprint density at radius 1 is 1.06 bits per heavy atom. The van der Waals surface area contributed by atoms with Crippen LogP contribution in [0.5, 0.6) is 0 Å². The van der Waals surface area contributed by atoms with Gasteiger partial charge in [0, 0.05) is 18.4 Å². The Kier molecular flexibility index (Phi) is 8.70. The van der Waals surface area contributed by atoms with Gasteiger partial charge in [0.25, 0.3) is 0 Å². The Morgan fingerprint density at radius 3 is 2.19 bits per heavy atom. The zero-order chi connectivity index (χ0) is 23.3. The Hall–Kier alpha value is -1.88. The molecule has 0 spiro atoms. The molecule has 1 fully saturated rings. The van der Waals surface area contributed by atoms with Gasteiger partial charge in [0.1, 0.15) is 5.60 Å². The summed E-state index contributed by atoms with van der Waals surface area (Å²) in [5, 5.41) is 14.2. The van der Waals surface area contributed by atoms with E-state index < -0.39 is 23.5 Å². The van der Waals surface area contributed by atoms with E-state index in [0.717, 1.165) is 5.56 Å². The maximum absolute atomic E-state index is 13.3. The Balaban J connectivity index is 2.28. The van der Waals surface area contributed by atoms with Gasteiger partial charge in [-0.3, -0.25) is 9.59 Å². The number of amides is 1. The number of aliphatic hydroxyl groups is 1. The predicted octanol–water partition coefficient (Wildman–Crippen LogP) is 4.58. The molecule has 0 saturated heterocycles. The van der Waals surface area contributed by atoms with Crippen LogP contribution in [-0.2, 0) is 20.9 Å². The van der Waals surface area contributed by atoms with E-state index in [4.69, 9.17) is 4.74 Å². The van der Waals surface area contributed by atoms with Crippen LogP contribution in [0.15, 0.2) is 30.3 Å². The first-order chi connectivity index (χ1) is 14.4. The topological polar surface area (TPSA) is 75.6 Å². The monoisotopic (exact) mass is 431 g/mol.